The second kappa shape index (κ2) is 20.2. The number of fused-ring (bicyclic) bond motifs is 2. The number of unbranched alkanes of at least 4 members (excludes halogenated alkanes) is 2. The van der Waals surface area contributed by atoms with Crippen LogP contribution in [0, 0.1) is 27.9 Å². The van der Waals surface area contributed by atoms with E-state index in [0.29, 0.717) is 48.8 Å². The van der Waals surface area contributed by atoms with Crippen LogP contribution in [0.2, 0.25) is 0 Å². The first-order chi connectivity index (χ1) is 29.2. The highest BCUT2D eigenvalue weighted by molar-refractivity contribution is 8.00. The highest BCUT2D eigenvalue weighted by Gasteiger charge is 2.64. The van der Waals surface area contributed by atoms with Crippen LogP contribution in [0.15, 0.2) is 101 Å². The molecule has 2 heterocycles. The number of anilines is 1. The van der Waals surface area contributed by atoms with E-state index < -0.39 is 17.0 Å². The molecule has 0 bridgehead atoms. The molecule has 3 N–H and O–H groups in total. The van der Waals surface area contributed by atoms with Gasteiger partial charge in [0.05, 0.1) is 41.1 Å². The van der Waals surface area contributed by atoms with Crippen molar-refractivity contribution in [3.8, 4) is 17.2 Å². The highest BCUT2D eigenvalue weighted by atomic mass is 32.2. The van der Waals surface area contributed by atoms with Crippen molar-refractivity contribution in [2.75, 3.05) is 31.7 Å². The smallest absolute Gasteiger partial charge is 0.273 e. The number of nitrogens with one attached hydrogen (secondary N) is 1. The van der Waals surface area contributed by atoms with Crippen molar-refractivity contribution in [2.45, 2.75) is 99.3 Å². The third-order valence-electron chi connectivity index (χ3n) is 11.8. The number of nitrogens with zero attached hydrogens (tertiary/aromatic N) is 2. The Labute approximate surface area is 355 Å². The largest absolute Gasteiger partial charge is 0.460 e. The van der Waals surface area contributed by atoms with Gasteiger partial charge in [-0.1, -0.05) is 36.2 Å². The zero-order valence-electron chi connectivity index (χ0n) is 34.0. The molecule has 0 aromatic heterocycles. The molecule has 13 nitrogen and oxygen atoms in total. The Kier molecular flexibility index (Phi) is 14.6. The first kappa shape index (κ1) is 43.4. The predicted octanol–water partition coefficient (Wildman–Crippen LogP) is 9.30. The quantitative estimate of drug-likeness (QED) is 0.0455. The van der Waals surface area contributed by atoms with Crippen LogP contribution in [-0.2, 0) is 19.1 Å². The van der Waals surface area contributed by atoms with E-state index in [-0.39, 0.29) is 60.3 Å². The fourth-order valence-electron chi connectivity index (χ4n) is 9.19. The van der Waals surface area contributed by atoms with Gasteiger partial charge in [0.15, 0.2) is 0 Å². The lowest BCUT2D eigenvalue weighted by Gasteiger charge is -2.58. The number of allylic oxidation sites excluding steroid dienone is 1. The molecule has 1 amide bonds. The Balaban J connectivity index is 1.39. The maximum Gasteiger partial charge on any atom is 0.273 e. The topological polar surface area (TPSA) is 171 Å². The second-order valence-corrected chi connectivity index (χ2v) is 17.1. The number of oxime groups is 1. The minimum absolute atomic E-state index is 0.0657. The highest BCUT2D eigenvalue weighted by Crippen LogP contribution is 2.63. The summed E-state index contributed by atoms with van der Waals surface area (Å²) < 4.78 is 26.6. The summed E-state index contributed by atoms with van der Waals surface area (Å²) in [6.45, 7) is 6.52. The molecule has 3 aromatic carbocycles. The molecule has 2 aliphatic heterocycles. The second-order valence-electron chi connectivity index (χ2n) is 15.8. The molecule has 14 heteroatoms. The normalized spacial score (nSPS) is 26.2. The van der Waals surface area contributed by atoms with Gasteiger partial charge in [-0.3, -0.25) is 14.9 Å². The number of carbonyl (C=O) groups excluding carboxylic acids is 1. The van der Waals surface area contributed by atoms with Gasteiger partial charge >= 0.3 is 0 Å². The molecule has 2 aliphatic carbocycles. The molecule has 7 rings (SSSR count). The maximum absolute atomic E-state index is 11.8. The van der Waals surface area contributed by atoms with Gasteiger partial charge in [-0.2, -0.15) is 0 Å². The molecule has 2 fully saturated rings. The number of amides is 1. The van der Waals surface area contributed by atoms with E-state index in [2.05, 4.69) is 18.0 Å². The van der Waals surface area contributed by atoms with Gasteiger partial charge in [-0.05, 0) is 104 Å². The van der Waals surface area contributed by atoms with Gasteiger partial charge in [-0.15, -0.1) is 18.3 Å². The Morgan fingerprint density at radius 2 is 1.83 bits per heavy atom. The number of hydrogen-bond acceptors (Lipinski definition) is 12. The number of carbonyl (C=O) groups is 1. The van der Waals surface area contributed by atoms with Crippen LogP contribution in [0.1, 0.15) is 82.6 Å². The van der Waals surface area contributed by atoms with Gasteiger partial charge in [0.1, 0.15) is 17.2 Å². The molecule has 7 atom stereocenters. The van der Waals surface area contributed by atoms with Crippen LogP contribution in [-0.4, -0.2) is 70.5 Å². The van der Waals surface area contributed by atoms with E-state index in [9.17, 15) is 25.1 Å². The Morgan fingerprint density at radius 1 is 1.05 bits per heavy atom. The molecular formula is C46H55N3O10S. The number of non-ortho nitro benzene ring substituents is 1. The third-order valence-corrected chi connectivity index (χ3v) is 13.1. The van der Waals surface area contributed by atoms with Crippen LogP contribution in [0.4, 0.5) is 11.4 Å². The fourth-order valence-corrected chi connectivity index (χ4v) is 10.5. The maximum atomic E-state index is 11.8. The van der Waals surface area contributed by atoms with E-state index in [0.717, 1.165) is 66.7 Å². The van der Waals surface area contributed by atoms with Gasteiger partial charge in [-0.25, -0.2) is 0 Å². The first-order valence-corrected chi connectivity index (χ1v) is 21.9. The molecule has 4 aliphatic rings. The zero-order valence-corrected chi connectivity index (χ0v) is 34.9. The summed E-state index contributed by atoms with van der Waals surface area (Å²) in [7, 11) is 0. The number of aliphatic hydroxyl groups excluding tert-OH is 2. The summed E-state index contributed by atoms with van der Waals surface area (Å²) in [6, 6.07) is 19.6. The Hall–Kier alpha value is -4.73. The lowest BCUT2D eigenvalue weighted by atomic mass is 9.56. The molecule has 0 spiro atoms. The van der Waals surface area contributed by atoms with Crippen molar-refractivity contribution in [1.29, 1.82) is 0 Å². The molecule has 7 unspecified atom stereocenters. The van der Waals surface area contributed by atoms with Crippen LogP contribution in [0.25, 0.3) is 0 Å². The van der Waals surface area contributed by atoms with Crippen molar-refractivity contribution in [1.82, 2.24) is 0 Å². The first-order valence-electron chi connectivity index (χ1n) is 21.1. The van der Waals surface area contributed by atoms with E-state index in [1.807, 2.05) is 42.5 Å². The number of hydrogen-bond donors (Lipinski definition) is 3. The number of aliphatic hydroxyl groups is 2. The summed E-state index contributed by atoms with van der Waals surface area (Å²) >= 11 is 1.62. The van der Waals surface area contributed by atoms with Crippen molar-refractivity contribution < 1.29 is 43.7 Å². The minimum atomic E-state index is -1.22. The SMILES string of the molecule is C=CCOC12Oc3ccc(Oc4cccc([N+](=O)[O-])c4)cc3C3C(CCCCO)C(CCCCO)C=C(C(=NOC4CCCCO4)CC1Sc1ccc(NC(C)=O)cc1)C32. The van der Waals surface area contributed by atoms with E-state index in [1.165, 1.54) is 19.1 Å². The summed E-state index contributed by atoms with van der Waals surface area (Å²) in [5, 5.41) is 38.9. The van der Waals surface area contributed by atoms with Crippen LogP contribution >= 0.6 is 11.8 Å². The van der Waals surface area contributed by atoms with Crippen molar-refractivity contribution in [3.63, 3.8) is 0 Å². The average Bonchev–Trinajstić information content (AvgIpc) is 3.25. The number of nitro groups is 1. The van der Waals surface area contributed by atoms with Gasteiger partial charge in [0.25, 0.3) is 5.69 Å². The molecule has 1 saturated heterocycles. The molecule has 320 valence electrons. The van der Waals surface area contributed by atoms with Crippen LogP contribution in [0.3, 0.4) is 0 Å². The molecular weight excluding hydrogens is 787 g/mol. The molecule has 1 saturated carbocycles. The monoisotopic (exact) mass is 841 g/mol. The average molecular weight is 842 g/mol. The minimum Gasteiger partial charge on any atom is -0.460 e. The van der Waals surface area contributed by atoms with Crippen molar-refractivity contribution in [3.05, 3.63) is 107 Å². The lowest BCUT2D eigenvalue weighted by Crippen LogP contribution is -2.64. The lowest BCUT2D eigenvalue weighted by molar-refractivity contribution is -0.384. The third kappa shape index (κ3) is 9.90. The Bertz CT molecular complexity index is 2040. The molecule has 0 radical (unpaired) electrons. The summed E-state index contributed by atoms with van der Waals surface area (Å²) in [5.41, 5.74) is 3.33. The zero-order chi connectivity index (χ0) is 42.1. The van der Waals surface area contributed by atoms with Gasteiger partial charge in [0.2, 0.25) is 18.0 Å². The molecule has 3 aromatic rings. The summed E-state index contributed by atoms with van der Waals surface area (Å²) in [5.74, 6) is -0.301. The predicted molar refractivity (Wildman–Crippen MR) is 229 cm³/mol. The summed E-state index contributed by atoms with van der Waals surface area (Å²) in [4.78, 5) is 30.2. The van der Waals surface area contributed by atoms with E-state index in [1.54, 1.807) is 30.0 Å². The number of thioether (sulfide) groups is 1. The number of benzene rings is 3. The van der Waals surface area contributed by atoms with Crippen molar-refractivity contribution in [2.24, 2.45) is 22.9 Å². The number of ether oxygens (including phenoxy) is 4. The standard InChI is InChI=1S/C46H55N3O10S/c1-3-24-56-46-42(60-36-19-16-32(17-20-36)47-30(2)52)29-40(48-59-43-15-6-9-25-55-43)38-26-31(11-4-7-22-50)37(14-5-8-23-51)44(45(38)46)39-28-35(18-21-41(39)58-46)57-34-13-10-12-33(27-34)49(53)54/h3,10,12-13,16-21,26-28,31,37,42-45,50-51H,1,4-9,11,14-15,22-25,29H2,2H3,(H,47,52). The molecule has 60 heavy (non-hydrogen) atoms. The fraction of sp³-hybridized carbons (Fsp3) is 0.478. The van der Waals surface area contributed by atoms with Crippen molar-refractivity contribution >= 4 is 34.8 Å². The van der Waals surface area contributed by atoms with Gasteiger partial charge in [0, 0.05) is 61.1 Å². The van der Waals surface area contributed by atoms with E-state index >= 15 is 0 Å². The number of nitro benzene ring substituents is 1. The van der Waals surface area contributed by atoms with Crippen LogP contribution < -0.4 is 14.8 Å². The van der Waals surface area contributed by atoms with Gasteiger partial charge < -0.3 is 39.3 Å². The number of rotatable bonds is 19. The van der Waals surface area contributed by atoms with E-state index in [4.69, 9.17) is 28.9 Å². The Morgan fingerprint density at radius 3 is 2.55 bits per heavy atom. The van der Waals surface area contributed by atoms with Crippen LogP contribution in [0.5, 0.6) is 17.2 Å². The summed E-state index contributed by atoms with van der Waals surface area (Å²) in [6.07, 6.45) is 11.4.